The van der Waals surface area contributed by atoms with Crippen LogP contribution in [-0.4, -0.2) is 33.8 Å². The van der Waals surface area contributed by atoms with Crippen molar-refractivity contribution in [1.29, 1.82) is 0 Å². The third-order valence-electron chi connectivity index (χ3n) is 2.93. The van der Waals surface area contributed by atoms with Gasteiger partial charge in [-0.25, -0.2) is 9.78 Å². The van der Waals surface area contributed by atoms with E-state index in [-0.39, 0.29) is 0 Å². The Morgan fingerprint density at radius 3 is 2.89 bits per heavy atom. The van der Waals surface area contributed by atoms with E-state index in [2.05, 4.69) is 10.3 Å². The molecule has 100 valence electrons. The highest BCUT2D eigenvalue weighted by atomic mass is 16.4. The number of carboxylic acids is 1. The zero-order valence-corrected chi connectivity index (χ0v) is 10.4. The van der Waals surface area contributed by atoms with Crippen molar-refractivity contribution >= 4 is 28.2 Å². The number of nitrogens with one attached hydrogen (secondary N) is 1. The number of nitrogens with two attached hydrogens (primary N) is 1. The molecule has 0 amide bonds. The van der Waals surface area contributed by atoms with Crippen LogP contribution >= 0.6 is 0 Å². The molecule has 0 radical (unpaired) electrons. The van der Waals surface area contributed by atoms with Crippen LogP contribution in [0.15, 0.2) is 24.4 Å². The number of anilines is 2. The number of aryl methyl sites for hydroxylation is 1. The lowest BCUT2D eigenvalue weighted by Gasteiger charge is -2.15. The fourth-order valence-corrected chi connectivity index (χ4v) is 1.97. The highest BCUT2D eigenvalue weighted by Crippen LogP contribution is 2.29. The molecule has 6 nitrogen and oxygen atoms in total. The van der Waals surface area contributed by atoms with Crippen molar-refractivity contribution < 1.29 is 15.0 Å². The summed E-state index contributed by atoms with van der Waals surface area (Å²) in [4.78, 5) is 15.1. The Labute approximate surface area is 109 Å². The van der Waals surface area contributed by atoms with Crippen LogP contribution in [0.2, 0.25) is 0 Å². The van der Waals surface area contributed by atoms with E-state index in [1.54, 1.807) is 18.3 Å². The summed E-state index contributed by atoms with van der Waals surface area (Å²) in [6, 6.07) is 4.27. The molecule has 19 heavy (non-hydrogen) atoms. The molecule has 0 aliphatic carbocycles. The van der Waals surface area contributed by atoms with Gasteiger partial charge in [0.2, 0.25) is 0 Å². The molecule has 0 aliphatic rings. The van der Waals surface area contributed by atoms with Crippen molar-refractivity contribution in [2.45, 2.75) is 13.0 Å². The van der Waals surface area contributed by atoms with E-state index in [1.165, 1.54) is 0 Å². The molecule has 0 fully saturated rings. The Morgan fingerprint density at radius 2 is 2.26 bits per heavy atom. The molecular formula is C13H15N3O3. The van der Waals surface area contributed by atoms with Crippen LogP contribution in [0.3, 0.4) is 0 Å². The fraction of sp³-hybridized carbons (Fsp3) is 0.231. The molecule has 1 aromatic heterocycles. The number of hydrogen-bond donors (Lipinski definition) is 4. The van der Waals surface area contributed by atoms with E-state index in [0.717, 1.165) is 16.3 Å². The number of benzene rings is 1. The maximum absolute atomic E-state index is 10.9. The first kappa shape index (κ1) is 13.1. The number of carboxylic acid groups (broad SMARTS) is 1. The van der Waals surface area contributed by atoms with Crippen LogP contribution in [0.4, 0.5) is 11.5 Å². The third kappa shape index (κ3) is 2.43. The van der Waals surface area contributed by atoms with E-state index in [4.69, 9.17) is 15.9 Å². The Bertz CT molecular complexity index is 620. The molecule has 5 N–H and O–H groups in total. The Kier molecular flexibility index (Phi) is 3.52. The summed E-state index contributed by atoms with van der Waals surface area (Å²) in [6.45, 7) is 1.37. The van der Waals surface area contributed by atoms with Crippen molar-refractivity contribution in [2.75, 3.05) is 17.7 Å². The minimum Gasteiger partial charge on any atom is -0.480 e. The maximum atomic E-state index is 10.9. The van der Waals surface area contributed by atoms with E-state index in [0.29, 0.717) is 11.5 Å². The lowest BCUT2D eigenvalue weighted by molar-refractivity contribution is -0.138. The fourth-order valence-electron chi connectivity index (χ4n) is 1.97. The van der Waals surface area contributed by atoms with Gasteiger partial charge in [-0.05, 0) is 18.6 Å². The van der Waals surface area contributed by atoms with Crippen LogP contribution in [-0.2, 0) is 4.79 Å². The van der Waals surface area contributed by atoms with Crippen molar-refractivity contribution in [2.24, 2.45) is 0 Å². The molecule has 2 rings (SSSR count). The molecule has 2 aromatic rings. The van der Waals surface area contributed by atoms with Gasteiger partial charge in [-0.3, -0.25) is 0 Å². The molecule has 1 atom stereocenters. The minimum absolute atomic E-state index is 0.398. The summed E-state index contributed by atoms with van der Waals surface area (Å²) in [5.74, 6) is -0.740. The van der Waals surface area contributed by atoms with Crippen molar-refractivity contribution in [1.82, 2.24) is 4.98 Å². The summed E-state index contributed by atoms with van der Waals surface area (Å²) in [5, 5.41) is 22.3. The van der Waals surface area contributed by atoms with Crippen molar-refractivity contribution in [3.63, 3.8) is 0 Å². The quantitative estimate of drug-likeness (QED) is 0.611. The molecule has 0 saturated carbocycles. The molecule has 0 saturated heterocycles. The van der Waals surface area contributed by atoms with E-state index < -0.39 is 18.6 Å². The zero-order valence-electron chi connectivity index (χ0n) is 10.4. The number of pyridine rings is 1. The van der Waals surface area contributed by atoms with Gasteiger partial charge in [0, 0.05) is 22.7 Å². The van der Waals surface area contributed by atoms with Crippen LogP contribution in [0, 0.1) is 6.92 Å². The first-order valence-electron chi connectivity index (χ1n) is 5.78. The molecule has 0 spiro atoms. The zero-order chi connectivity index (χ0) is 14.0. The first-order valence-corrected chi connectivity index (χ1v) is 5.78. The third-order valence-corrected chi connectivity index (χ3v) is 2.93. The van der Waals surface area contributed by atoms with Gasteiger partial charge in [-0.15, -0.1) is 0 Å². The summed E-state index contributed by atoms with van der Waals surface area (Å²) >= 11 is 0. The number of nitrogens with zero attached hydrogens (tertiary/aromatic N) is 1. The average molecular weight is 261 g/mol. The predicted octanol–water partition coefficient (Wildman–Crippen LogP) is 0.983. The Balaban J connectivity index is 2.53. The molecule has 0 bridgehead atoms. The molecule has 6 heteroatoms. The molecule has 1 unspecified atom stereocenters. The normalized spacial score (nSPS) is 12.3. The second-order valence-electron chi connectivity index (χ2n) is 4.28. The maximum Gasteiger partial charge on any atom is 0.328 e. The molecular weight excluding hydrogens is 246 g/mol. The second-order valence-corrected chi connectivity index (χ2v) is 4.28. The molecule has 1 aromatic carbocycles. The van der Waals surface area contributed by atoms with E-state index in [1.807, 2.05) is 13.0 Å². The van der Waals surface area contributed by atoms with Gasteiger partial charge in [0.15, 0.2) is 0 Å². The van der Waals surface area contributed by atoms with Crippen LogP contribution < -0.4 is 11.1 Å². The second kappa shape index (κ2) is 5.11. The number of aliphatic carboxylic acids is 1. The number of nitrogen functional groups attached to an aromatic ring is 1. The number of aliphatic hydroxyl groups excluding tert-OH is 1. The van der Waals surface area contributed by atoms with Gasteiger partial charge in [-0.1, -0.05) is 12.1 Å². The van der Waals surface area contributed by atoms with Crippen LogP contribution in [0.25, 0.3) is 10.8 Å². The van der Waals surface area contributed by atoms with E-state index >= 15 is 0 Å². The van der Waals surface area contributed by atoms with Gasteiger partial charge in [-0.2, -0.15) is 0 Å². The number of rotatable bonds is 4. The van der Waals surface area contributed by atoms with Gasteiger partial charge in [0.05, 0.1) is 6.61 Å². The van der Waals surface area contributed by atoms with Crippen molar-refractivity contribution in [3.05, 3.63) is 30.0 Å². The van der Waals surface area contributed by atoms with Gasteiger partial charge < -0.3 is 21.3 Å². The highest BCUT2D eigenvalue weighted by Gasteiger charge is 2.18. The van der Waals surface area contributed by atoms with Gasteiger partial charge >= 0.3 is 5.97 Å². The highest BCUT2D eigenvalue weighted by molar-refractivity contribution is 6.01. The molecule has 0 aliphatic heterocycles. The smallest absolute Gasteiger partial charge is 0.328 e. The minimum atomic E-state index is -1.14. The monoisotopic (exact) mass is 261 g/mol. The Hall–Kier alpha value is -2.34. The predicted molar refractivity (Wildman–Crippen MR) is 73.0 cm³/mol. The van der Waals surface area contributed by atoms with Gasteiger partial charge in [0.1, 0.15) is 11.9 Å². The average Bonchev–Trinajstić information content (AvgIpc) is 2.37. The number of fused-ring (bicyclic) bond motifs is 1. The van der Waals surface area contributed by atoms with E-state index in [9.17, 15) is 4.79 Å². The van der Waals surface area contributed by atoms with Crippen LogP contribution in [0.1, 0.15) is 5.56 Å². The lowest BCUT2D eigenvalue weighted by Crippen LogP contribution is -2.33. The summed E-state index contributed by atoms with van der Waals surface area (Å²) in [6.07, 6.45) is 1.62. The number of carbonyl (C=O) groups is 1. The summed E-state index contributed by atoms with van der Waals surface area (Å²) in [5.41, 5.74) is 7.45. The topological polar surface area (TPSA) is 108 Å². The largest absolute Gasteiger partial charge is 0.480 e. The first-order chi connectivity index (χ1) is 9.04. The van der Waals surface area contributed by atoms with Crippen LogP contribution in [0.5, 0.6) is 0 Å². The lowest BCUT2D eigenvalue weighted by atomic mass is 10.1. The number of aliphatic hydroxyl groups is 1. The number of aromatic nitrogens is 1. The SMILES string of the molecule is Cc1cnc(NC(CO)C(=O)O)c2cccc(N)c12. The summed E-state index contributed by atoms with van der Waals surface area (Å²) < 4.78 is 0. The van der Waals surface area contributed by atoms with Crippen molar-refractivity contribution in [3.8, 4) is 0 Å². The van der Waals surface area contributed by atoms with Gasteiger partial charge in [0.25, 0.3) is 0 Å². The Morgan fingerprint density at radius 1 is 1.53 bits per heavy atom. The standard InChI is InChI=1S/C13H15N3O3/c1-7-5-15-12(16-10(6-17)13(18)19)8-3-2-4-9(14)11(7)8/h2-5,10,17H,6,14H2,1H3,(H,15,16)(H,18,19). The molecule has 1 heterocycles. The summed E-state index contributed by atoms with van der Waals surface area (Å²) in [7, 11) is 0. The number of hydrogen-bond acceptors (Lipinski definition) is 5.